The molecule has 0 aliphatic carbocycles. The van der Waals surface area contributed by atoms with Crippen LogP contribution < -0.4 is 10.1 Å². The molecule has 1 aromatic carbocycles. The van der Waals surface area contributed by atoms with Gasteiger partial charge in [0.2, 0.25) is 0 Å². The molecule has 2 heterocycles. The minimum atomic E-state index is 0.584. The van der Waals surface area contributed by atoms with E-state index >= 15 is 0 Å². The summed E-state index contributed by atoms with van der Waals surface area (Å²) in [6.07, 6.45) is 5.91. The number of para-hydroxylation sites is 1. The van der Waals surface area contributed by atoms with Crippen molar-refractivity contribution in [3.05, 3.63) is 53.9 Å². The summed E-state index contributed by atoms with van der Waals surface area (Å²) in [5.41, 5.74) is 3.66. The number of hydrogen-bond donors (Lipinski definition) is 1. The first-order valence-electron chi connectivity index (χ1n) is 6.31. The third kappa shape index (κ3) is 2.30. The van der Waals surface area contributed by atoms with Gasteiger partial charge < -0.3 is 10.1 Å². The second-order valence-corrected chi connectivity index (χ2v) is 4.46. The maximum atomic E-state index is 5.90. The molecule has 1 aliphatic rings. The van der Waals surface area contributed by atoms with Crippen LogP contribution in [0.3, 0.4) is 0 Å². The van der Waals surface area contributed by atoms with E-state index < -0.39 is 0 Å². The van der Waals surface area contributed by atoms with E-state index in [1.165, 1.54) is 12.0 Å². The van der Waals surface area contributed by atoms with E-state index in [-0.39, 0.29) is 0 Å². The standard InChI is InChI=1S/C15H16N2O/c1-3-13-4-2-8-17-15(13)14(5-1)18-11-12-6-9-16-10-7-12/h1,3,5-7,9-10,17H,2,4,8,11H2. The lowest BCUT2D eigenvalue weighted by Gasteiger charge is -2.21. The maximum absolute atomic E-state index is 5.90. The predicted octanol–water partition coefficient (Wildman–Crippen LogP) is 3.02. The molecule has 3 nitrogen and oxygen atoms in total. The van der Waals surface area contributed by atoms with Gasteiger partial charge in [-0.05, 0) is 42.2 Å². The van der Waals surface area contributed by atoms with Crippen LogP contribution in [0.5, 0.6) is 5.75 Å². The lowest BCUT2D eigenvalue weighted by molar-refractivity contribution is 0.307. The number of rotatable bonds is 3. The first kappa shape index (κ1) is 11.1. The Morgan fingerprint density at radius 3 is 2.94 bits per heavy atom. The lowest BCUT2D eigenvalue weighted by Crippen LogP contribution is -2.13. The minimum absolute atomic E-state index is 0.584. The number of ether oxygens (including phenoxy) is 1. The number of fused-ring (bicyclic) bond motifs is 1. The van der Waals surface area contributed by atoms with Gasteiger partial charge in [-0.1, -0.05) is 12.1 Å². The van der Waals surface area contributed by atoms with Gasteiger partial charge in [0.15, 0.2) is 0 Å². The van der Waals surface area contributed by atoms with Crippen LogP contribution in [0.25, 0.3) is 0 Å². The molecule has 3 heteroatoms. The highest BCUT2D eigenvalue weighted by molar-refractivity contribution is 5.63. The summed E-state index contributed by atoms with van der Waals surface area (Å²) in [5, 5.41) is 3.43. The molecule has 0 amide bonds. The molecule has 0 radical (unpaired) electrons. The molecule has 0 atom stereocenters. The second kappa shape index (κ2) is 5.08. The molecule has 18 heavy (non-hydrogen) atoms. The largest absolute Gasteiger partial charge is 0.487 e. The van der Waals surface area contributed by atoms with Crippen molar-refractivity contribution in [3.63, 3.8) is 0 Å². The SMILES string of the molecule is c1cc2c(c(OCc3ccncc3)c1)NCCC2. The average molecular weight is 240 g/mol. The molecule has 92 valence electrons. The van der Waals surface area contributed by atoms with Crippen LogP contribution in [0.1, 0.15) is 17.5 Å². The Bertz CT molecular complexity index is 525. The number of aryl methyl sites for hydroxylation is 1. The van der Waals surface area contributed by atoms with E-state index in [1.807, 2.05) is 18.2 Å². The van der Waals surface area contributed by atoms with Crippen molar-refractivity contribution in [2.24, 2.45) is 0 Å². The van der Waals surface area contributed by atoms with Gasteiger partial charge in [0.05, 0.1) is 5.69 Å². The molecule has 0 spiro atoms. The highest BCUT2D eigenvalue weighted by atomic mass is 16.5. The van der Waals surface area contributed by atoms with E-state index in [1.54, 1.807) is 12.4 Å². The van der Waals surface area contributed by atoms with Crippen molar-refractivity contribution in [2.45, 2.75) is 19.4 Å². The molecule has 0 fully saturated rings. The number of aromatic nitrogens is 1. The number of nitrogens with zero attached hydrogens (tertiary/aromatic N) is 1. The molecule has 1 N–H and O–H groups in total. The fourth-order valence-electron chi connectivity index (χ4n) is 2.24. The Kier molecular flexibility index (Phi) is 3.13. The van der Waals surface area contributed by atoms with Crippen molar-refractivity contribution >= 4 is 5.69 Å². The Balaban J connectivity index is 1.77. The van der Waals surface area contributed by atoms with Gasteiger partial charge in [-0.25, -0.2) is 0 Å². The fraction of sp³-hybridized carbons (Fsp3) is 0.267. The zero-order valence-corrected chi connectivity index (χ0v) is 10.2. The lowest BCUT2D eigenvalue weighted by atomic mass is 10.0. The fourth-order valence-corrected chi connectivity index (χ4v) is 2.24. The third-order valence-corrected chi connectivity index (χ3v) is 3.18. The summed E-state index contributed by atoms with van der Waals surface area (Å²) in [5.74, 6) is 0.948. The first-order valence-corrected chi connectivity index (χ1v) is 6.31. The number of hydrogen-bond acceptors (Lipinski definition) is 3. The number of nitrogens with one attached hydrogen (secondary N) is 1. The van der Waals surface area contributed by atoms with Crippen LogP contribution in [0.2, 0.25) is 0 Å². The summed E-state index contributed by atoms with van der Waals surface area (Å²) in [7, 11) is 0. The predicted molar refractivity (Wildman–Crippen MR) is 71.8 cm³/mol. The Hall–Kier alpha value is -2.03. The van der Waals surface area contributed by atoms with Crippen molar-refractivity contribution in [2.75, 3.05) is 11.9 Å². The van der Waals surface area contributed by atoms with Gasteiger partial charge in [-0.3, -0.25) is 4.98 Å². The van der Waals surface area contributed by atoms with Gasteiger partial charge in [0, 0.05) is 18.9 Å². The van der Waals surface area contributed by atoms with Crippen LogP contribution in [-0.4, -0.2) is 11.5 Å². The summed E-state index contributed by atoms with van der Waals surface area (Å²) in [4.78, 5) is 4.00. The van der Waals surface area contributed by atoms with Crippen molar-refractivity contribution in [1.82, 2.24) is 4.98 Å². The van der Waals surface area contributed by atoms with Crippen molar-refractivity contribution in [3.8, 4) is 5.75 Å². The van der Waals surface area contributed by atoms with Crippen LogP contribution in [-0.2, 0) is 13.0 Å². The van der Waals surface area contributed by atoms with Gasteiger partial charge in [0.25, 0.3) is 0 Å². The average Bonchev–Trinajstić information content (AvgIpc) is 2.46. The van der Waals surface area contributed by atoms with Crippen molar-refractivity contribution in [1.29, 1.82) is 0 Å². The van der Waals surface area contributed by atoms with E-state index in [0.29, 0.717) is 6.61 Å². The molecular weight excluding hydrogens is 224 g/mol. The molecule has 2 aromatic rings. The molecule has 3 rings (SSSR count). The highest BCUT2D eigenvalue weighted by Gasteiger charge is 2.12. The molecular formula is C15H16N2O. The molecule has 0 bridgehead atoms. The van der Waals surface area contributed by atoms with E-state index in [9.17, 15) is 0 Å². The van der Waals surface area contributed by atoms with Gasteiger partial charge in [-0.2, -0.15) is 0 Å². The summed E-state index contributed by atoms with van der Waals surface area (Å²) in [6, 6.07) is 10.2. The van der Waals surface area contributed by atoms with Gasteiger partial charge >= 0.3 is 0 Å². The Morgan fingerprint density at radius 1 is 1.17 bits per heavy atom. The Morgan fingerprint density at radius 2 is 2.06 bits per heavy atom. The van der Waals surface area contributed by atoms with E-state index in [2.05, 4.69) is 22.4 Å². The molecule has 0 unspecified atom stereocenters. The molecule has 0 saturated carbocycles. The zero-order valence-electron chi connectivity index (χ0n) is 10.2. The number of anilines is 1. The minimum Gasteiger partial charge on any atom is -0.487 e. The highest BCUT2D eigenvalue weighted by Crippen LogP contribution is 2.32. The molecule has 0 saturated heterocycles. The van der Waals surface area contributed by atoms with E-state index in [0.717, 1.165) is 30.0 Å². The molecule has 1 aliphatic heterocycles. The van der Waals surface area contributed by atoms with Gasteiger partial charge in [0.1, 0.15) is 12.4 Å². The Labute approximate surface area is 107 Å². The number of benzene rings is 1. The van der Waals surface area contributed by atoms with Crippen molar-refractivity contribution < 1.29 is 4.74 Å². The monoisotopic (exact) mass is 240 g/mol. The van der Waals surface area contributed by atoms with Gasteiger partial charge in [-0.15, -0.1) is 0 Å². The van der Waals surface area contributed by atoms with Crippen LogP contribution in [0.15, 0.2) is 42.7 Å². The smallest absolute Gasteiger partial charge is 0.143 e. The topological polar surface area (TPSA) is 34.1 Å². The molecule has 1 aromatic heterocycles. The third-order valence-electron chi connectivity index (χ3n) is 3.18. The normalized spacial score (nSPS) is 13.6. The van der Waals surface area contributed by atoms with Crippen LogP contribution in [0, 0.1) is 0 Å². The van der Waals surface area contributed by atoms with E-state index in [4.69, 9.17) is 4.74 Å². The second-order valence-electron chi connectivity index (χ2n) is 4.46. The van der Waals surface area contributed by atoms with Crippen LogP contribution in [0.4, 0.5) is 5.69 Å². The summed E-state index contributed by atoms with van der Waals surface area (Å²) < 4.78 is 5.90. The quantitative estimate of drug-likeness (QED) is 0.895. The maximum Gasteiger partial charge on any atom is 0.143 e. The number of pyridine rings is 1. The zero-order chi connectivity index (χ0) is 12.2. The first-order chi connectivity index (χ1) is 8.93. The van der Waals surface area contributed by atoms with Crippen LogP contribution >= 0.6 is 0 Å². The summed E-state index contributed by atoms with van der Waals surface area (Å²) in [6.45, 7) is 1.61. The summed E-state index contributed by atoms with van der Waals surface area (Å²) >= 11 is 0.